The van der Waals surface area contributed by atoms with Crippen molar-refractivity contribution in [3.05, 3.63) is 33.3 Å². The Morgan fingerprint density at radius 3 is 2.67 bits per heavy atom. The van der Waals surface area contributed by atoms with Crippen LogP contribution in [-0.4, -0.2) is 28.1 Å². The number of carbonyl (C=O) groups is 2. The van der Waals surface area contributed by atoms with Gasteiger partial charge in [-0.3, -0.25) is 10.1 Å². The molecule has 1 aromatic carbocycles. The molecule has 21 heavy (non-hydrogen) atoms. The lowest BCUT2D eigenvalue weighted by Crippen LogP contribution is -2.42. The summed E-state index contributed by atoms with van der Waals surface area (Å²) >= 11 is 5.65. The average molecular weight is 316 g/mol. The quantitative estimate of drug-likeness (QED) is 0.550. The number of amides is 2. The number of carboxylic acids is 1. The molecule has 2 amide bonds. The first kappa shape index (κ1) is 16.7. The van der Waals surface area contributed by atoms with Gasteiger partial charge in [-0.1, -0.05) is 24.9 Å². The Kier molecular flexibility index (Phi) is 5.92. The fourth-order valence-corrected chi connectivity index (χ4v) is 1.79. The summed E-state index contributed by atoms with van der Waals surface area (Å²) < 4.78 is 0. The van der Waals surface area contributed by atoms with Crippen LogP contribution in [0.1, 0.15) is 19.8 Å². The predicted molar refractivity (Wildman–Crippen MR) is 76.6 cm³/mol. The number of halogens is 1. The zero-order valence-electron chi connectivity index (χ0n) is 11.1. The molecule has 1 rings (SSSR count). The van der Waals surface area contributed by atoms with Crippen LogP contribution in [0.15, 0.2) is 18.2 Å². The minimum absolute atomic E-state index is 0.0552. The van der Waals surface area contributed by atoms with E-state index in [1.807, 2.05) is 0 Å². The lowest BCUT2D eigenvalue weighted by Gasteiger charge is -2.14. The molecule has 0 aliphatic rings. The highest BCUT2D eigenvalue weighted by Gasteiger charge is 2.19. The zero-order chi connectivity index (χ0) is 16.0. The van der Waals surface area contributed by atoms with Crippen molar-refractivity contribution < 1.29 is 19.6 Å². The van der Waals surface area contributed by atoms with E-state index >= 15 is 0 Å². The number of benzene rings is 1. The summed E-state index contributed by atoms with van der Waals surface area (Å²) in [5.74, 6) is -1.14. The molecule has 0 heterocycles. The second kappa shape index (κ2) is 7.44. The molecule has 0 unspecified atom stereocenters. The van der Waals surface area contributed by atoms with Crippen LogP contribution in [0.25, 0.3) is 0 Å². The number of nitrogens with zero attached hydrogens (tertiary/aromatic N) is 1. The second-order valence-corrected chi connectivity index (χ2v) is 4.61. The van der Waals surface area contributed by atoms with Gasteiger partial charge in [-0.15, -0.1) is 0 Å². The number of hydrogen-bond donors (Lipinski definition) is 3. The fourth-order valence-electron chi connectivity index (χ4n) is 1.60. The Balaban J connectivity index is 2.77. The molecule has 0 fully saturated rings. The van der Waals surface area contributed by atoms with Crippen molar-refractivity contribution in [2.75, 3.05) is 5.32 Å². The van der Waals surface area contributed by atoms with E-state index in [4.69, 9.17) is 16.7 Å². The van der Waals surface area contributed by atoms with E-state index < -0.39 is 23.0 Å². The monoisotopic (exact) mass is 315 g/mol. The standard InChI is InChI=1S/C12H14ClN3O5/c1-2-3-9(11(17)18)15-12(19)14-7-4-5-8(13)10(6-7)16(20)21/h4-6,9H,2-3H2,1H3,(H,17,18)(H2,14,15,19)/t9-/m1/s1. The summed E-state index contributed by atoms with van der Waals surface area (Å²) in [4.78, 5) is 32.6. The van der Waals surface area contributed by atoms with Crippen LogP contribution >= 0.6 is 11.6 Å². The Morgan fingerprint density at radius 2 is 2.14 bits per heavy atom. The number of nitro groups is 1. The van der Waals surface area contributed by atoms with E-state index in [2.05, 4.69) is 10.6 Å². The van der Waals surface area contributed by atoms with Gasteiger partial charge >= 0.3 is 12.0 Å². The molecule has 8 nitrogen and oxygen atoms in total. The zero-order valence-corrected chi connectivity index (χ0v) is 11.9. The molecular formula is C12H14ClN3O5. The molecule has 1 aromatic rings. The third kappa shape index (κ3) is 4.92. The molecule has 0 radical (unpaired) electrons. The average Bonchev–Trinajstić information content (AvgIpc) is 2.40. The third-order valence-electron chi connectivity index (χ3n) is 2.58. The van der Waals surface area contributed by atoms with Gasteiger partial charge in [-0.25, -0.2) is 9.59 Å². The number of urea groups is 1. The molecule has 0 aliphatic carbocycles. The van der Waals surface area contributed by atoms with E-state index in [1.54, 1.807) is 6.92 Å². The van der Waals surface area contributed by atoms with Gasteiger partial charge in [-0.2, -0.15) is 0 Å². The van der Waals surface area contributed by atoms with E-state index in [0.717, 1.165) is 6.07 Å². The summed E-state index contributed by atoms with van der Waals surface area (Å²) in [5, 5.41) is 24.2. The van der Waals surface area contributed by atoms with Crippen molar-refractivity contribution in [3.8, 4) is 0 Å². The van der Waals surface area contributed by atoms with E-state index in [1.165, 1.54) is 12.1 Å². The summed E-state index contributed by atoms with van der Waals surface area (Å²) in [7, 11) is 0. The number of rotatable bonds is 6. The molecular weight excluding hydrogens is 302 g/mol. The second-order valence-electron chi connectivity index (χ2n) is 4.20. The van der Waals surface area contributed by atoms with Crippen LogP contribution in [-0.2, 0) is 4.79 Å². The number of anilines is 1. The van der Waals surface area contributed by atoms with Crippen LogP contribution in [0.4, 0.5) is 16.2 Å². The van der Waals surface area contributed by atoms with Crippen molar-refractivity contribution in [2.24, 2.45) is 0 Å². The van der Waals surface area contributed by atoms with Gasteiger partial charge in [0.05, 0.1) is 4.92 Å². The number of nitro benzene ring substituents is 1. The van der Waals surface area contributed by atoms with Crippen LogP contribution in [0, 0.1) is 10.1 Å². The Hall–Kier alpha value is -2.35. The minimum Gasteiger partial charge on any atom is -0.480 e. The summed E-state index contributed by atoms with van der Waals surface area (Å²) in [6.07, 6.45) is 0.868. The molecule has 0 spiro atoms. The van der Waals surface area contributed by atoms with Gasteiger partial charge in [0, 0.05) is 11.8 Å². The maximum Gasteiger partial charge on any atom is 0.326 e. The van der Waals surface area contributed by atoms with Gasteiger partial charge < -0.3 is 15.7 Å². The molecule has 0 bridgehead atoms. The number of aliphatic carboxylic acids is 1. The maximum absolute atomic E-state index is 11.7. The van der Waals surface area contributed by atoms with Crippen molar-refractivity contribution >= 4 is 35.0 Å². The Bertz CT molecular complexity index is 564. The Morgan fingerprint density at radius 1 is 1.48 bits per heavy atom. The minimum atomic E-state index is -1.14. The van der Waals surface area contributed by atoms with Gasteiger partial charge in [0.2, 0.25) is 0 Å². The number of nitrogens with one attached hydrogen (secondary N) is 2. The SMILES string of the molecule is CCC[C@@H](NC(=O)Nc1ccc(Cl)c([N+](=O)[O-])c1)C(=O)O. The molecule has 0 saturated heterocycles. The third-order valence-corrected chi connectivity index (χ3v) is 2.90. The first-order valence-corrected chi connectivity index (χ1v) is 6.47. The van der Waals surface area contributed by atoms with Crippen LogP contribution in [0.2, 0.25) is 5.02 Å². The molecule has 0 saturated carbocycles. The number of carboxylic acid groups (broad SMARTS) is 1. The van der Waals surface area contributed by atoms with Crippen molar-refractivity contribution in [1.29, 1.82) is 0 Å². The van der Waals surface area contributed by atoms with Gasteiger partial charge in [0.1, 0.15) is 11.1 Å². The van der Waals surface area contributed by atoms with E-state index in [0.29, 0.717) is 6.42 Å². The van der Waals surface area contributed by atoms with Gasteiger partial charge in [0.25, 0.3) is 5.69 Å². The van der Waals surface area contributed by atoms with Crippen LogP contribution < -0.4 is 10.6 Å². The normalized spacial score (nSPS) is 11.5. The van der Waals surface area contributed by atoms with Crippen molar-refractivity contribution in [3.63, 3.8) is 0 Å². The first-order valence-electron chi connectivity index (χ1n) is 6.09. The Labute approximate surface area is 125 Å². The maximum atomic E-state index is 11.7. The highest BCUT2D eigenvalue weighted by atomic mass is 35.5. The van der Waals surface area contributed by atoms with E-state index in [9.17, 15) is 19.7 Å². The van der Waals surface area contributed by atoms with Crippen LogP contribution in [0.5, 0.6) is 0 Å². The molecule has 0 aromatic heterocycles. The number of carbonyl (C=O) groups excluding carboxylic acids is 1. The summed E-state index contributed by atoms with van der Waals surface area (Å²) in [5.41, 5.74) is -0.206. The molecule has 9 heteroatoms. The van der Waals surface area contributed by atoms with E-state index in [-0.39, 0.29) is 22.8 Å². The highest BCUT2D eigenvalue weighted by Crippen LogP contribution is 2.27. The smallest absolute Gasteiger partial charge is 0.326 e. The molecule has 3 N–H and O–H groups in total. The molecule has 114 valence electrons. The molecule has 0 aliphatic heterocycles. The predicted octanol–water partition coefficient (Wildman–Crippen LogP) is 2.62. The highest BCUT2D eigenvalue weighted by molar-refractivity contribution is 6.32. The topological polar surface area (TPSA) is 122 Å². The number of hydrogen-bond acceptors (Lipinski definition) is 4. The van der Waals surface area contributed by atoms with Crippen molar-refractivity contribution in [2.45, 2.75) is 25.8 Å². The van der Waals surface area contributed by atoms with Crippen molar-refractivity contribution in [1.82, 2.24) is 5.32 Å². The lowest BCUT2D eigenvalue weighted by atomic mass is 10.2. The summed E-state index contributed by atoms with van der Waals surface area (Å²) in [6, 6.07) is 1.97. The molecule has 1 atom stereocenters. The largest absolute Gasteiger partial charge is 0.480 e. The fraction of sp³-hybridized carbons (Fsp3) is 0.333. The van der Waals surface area contributed by atoms with Gasteiger partial charge in [-0.05, 0) is 18.6 Å². The van der Waals surface area contributed by atoms with Crippen LogP contribution in [0.3, 0.4) is 0 Å². The summed E-state index contributed by atoms with van der Waals surface area (Å²) in [6.45, 7) is 1.79. The lowest BCUT2D eigenvalue weighted by molar-refractivity contribution is -0.384. The first-order chi connectivity index (χ1) is 9.85. The van der Waals surface area contributed by atoms with Gasteiger partial charge in [0.15, 0.2) is 0 Å².